The molecule has 32 heavy (non-hydrogen) atoms. The summed E-state index contributed by atoms with van der Waals surface area (Å²) >= 11 is 0. The molecular formula is C23H28FN5O3. The molecule has 2 N–H and O–H groups in total. The van der Waals surface area contributed by atoms with Gasteiger partial charge in [0.25, 0.3) is 11.8 Å². The topological polar surface area (TPSA) is 96.3 Å². The molecule has 1 aliphatic heterocycles. The third-order valence-electron chi connectivity index (χ3n) is 6.51. The molecule has 0 saturated heterocycles. The number of hydrogen-bond acceptors (Lipinski definition) is 4. The van der Waals surface area contributed by atoms with Crippen LogP contribution in [0.1, 0.15) is 65.6 Å². The molecule has 9 heteroatoms. The summed E-state index contributed by atoms with van der Waals surface area (Å²) in [4.78, 5) is 40.1. The Morgan fingerprint density at radius 3 is 2.69 bits per heavy atom. The Kier molecular flexibility index (Phi) is 5.99. The second-order valence-corrected chi connectivity index (χ2v) is 8.83. The Labute approximate surface area is 186 Å². The number of carbonyl (C=O) groups excluding carboxylic acids is 3. The first kappa shape index (κ1) is 22.0. The summed E-state index contributed by atoms with van der Waals surface area (Å²) in [6, 6.07) is 7.50. The van der Waals surface area contributed by atoms with Crippen LogP contribution in [0.4, 0.5) is 4.39 Å². The van der Waals surface area contributed by atoms with Gasteiger partial charge in [0.15, 0.2) is 5.69 Å². The highest BCUT2D eigenvalue weighted by atomic mass is 19.1. The van der Waals surface area contributed by atoms with Crippen LogP contribution in [0.25, 0.3) is 0 Å². The number of halogens is 1. The van der Waals surface area contributed by atoms with Crippen molar-refractivity contribution >= 4 is 17.7 Å². The molecule has 2 aromatic rings. The molecule has 1 aromatic carbocycles. The van der Waals surface area contributed by atoms with Crippen LogP contribution in [-0.4, -0.2) is 51.0 Å². The monoisotopic (exact) mass is 441 g/mol. The molecule has 1 aliphatic carbocycles. The number of nitrogens with zero attached hydrogens (tertiary/aromatic N) is 3. The summed E-state index contributed by atoms with van der Waals surface area (Å²) in [7, 11) is 1.60. The van der Waals surface area contributed by atoms with E-state index in [4.69, 9.17) is 0 Å². The van der Waals surface area contributed by atoms with Crippen molar-refractivity contribution in [1.29, 1.82) is 0 Å². The van der Waals surface area contributed by atoms with Gasteiger partial charge in [0.05, 0.1) is 6.54 Å². The van der Waals surface area contributed by atoms with E-state index in [9.17, 15) is 18.8 Å². The van der Waals surface area contributed by atoms with Crippen LogP contribution >= 0.6 is 0 Å². The van der Waals surface area contributed by atoms with Gasteiger partial charge in [0.2, 0.25) is 5.91 Å². The normalized spacial score (nSPS) is 21.2. The number of nitrogens with one attached hydrogen (secondary N) is 2. The summed E-state index contributed by atoms with van der Waals surface area (Å²) in [6.07, 6.45) is 5.26. The number of hydrogen-bond donors (Lipinski definition) is 2. The van der Waals surface area contributed by atoms with E-state index in [1.165, 1.54) is 34.2 Å². The fourth-order valence-electron chi connectivity index (χ4n) is 4.35. The summed E-state index contributed by atoms with van der Waals surface area (Å²) in [5.41, 5.74) is -0.158. The Balaban J connectivity index is 1.48. The number of benzene rings is 1. The minimum atomic E-state index is -1.11. The van der Waals surface area contributed by atoms with Gasteiger partial charge >= 0.3 is 0 Å². The van der Waals surface area contributed by atoms with Crippen LogP contribution in [0.5, 0.6) is 0 Å². The van der Waals surface area contributed by atoms with Gasteiger partial charge in [-0.2, -0.15) is 5.10 Å². The molecular weight excluding hydrogens is 413 g/mol. The van der Waals surface area contributed by atoms with E-state index in [0.717, 1.165) is 25.7 Å². The van der Waals surface area contributed by atoms with Gasteiger partial charge in [-0.15, -0.1) is 0 Å². The number of fused-ring (bicyclic) bond motifs is 1. The fourth-order valence-corrected chi connectivity index (χ4v) is 4.35. The number of rotatable bonds is 5. The maximum absolute atomic E-state index is 13.3. The average molecular weight is 442 g/mol. The molecule has 2 aliphatic rings. The summed E-state index contributed by atoms with van der Waals surface area (Å²) in [5.74, 6) is -1.43. The Hall–Kier alpha value is -3.23. The van der Waals surface area contributed by atoms with Crippen molar-refractivity contribution in [3.63, 3.8) is 0 Å². The highest BCUT2D eigenvalue weighted by Gasteiger charge is 2.46. The molecule has 0 spiro atoms. The van der Waals surface area contributed by atoms with Gasteiger partial charge in [0, 0.05) is 25.7 Å². The molecule has 3 amide bonds. The van der Waals surface area contributed by atoms with Crippen molar-refractivity contribution in [2.75, 3.05) is 7.05 Å². The zero-order valence-electron chi connectivity index (χ0n) is 18.4. The van der Waals surface area contributed by atoms with Crippen LogP contribution < -0.4 is 10.6 Å². The second-order valence-electron chi connectivity index (χ2n) is 8.83. The van der Waals surface area contributed by atoms with Crippen LogP contribution in [0.3, 0.4) is 0 Å². The van der Waals surface area contributed by atoms with E-state index in [1.54, 1.807) is 26.1 Å². The molecule has 1 saturated carbocycles. The molecule has 4 rings (SSSR count). The lowest BCUT2D eigenvalue weighted by Gasteiger charge is -2.41. The Bertz CT molecular complexity index is 1050. The van der Waals surface area contributed by atoms with Crippen LogP contribution in [-0.2, 0) is 17.9 Å². The third-order valence-corrected chi connectivity index (χ3v) is 6.51. The van der Waals surface area contributed by atoms with Gasteiger partial charge in [-0.25, -0.2) is 4.39 Å². The zero-order valence-corrected chi connectivity index (χ0v) is 18.4. The van der Waals surface area contributed by atoms with Crippen molar-refractivity contribution in [2.24, 2.45) is 0 Å². The molecule has 1 aromatic heterocycles. The predicted molar refractivity (Wildman–Crippen MR) is 115 cm³/mol. The van der Waals surface area contributed by atoms with E-state index in [1.807, 2.05) is 0 Å². The molecule has 0 bridgehead atoms. The first-order valence-electron chi connectivity index (χ1n) is 11.0. The lowest BCUT2D eigenvalue weighted by Crippen LogP contribution is -2.63. The molecule has 0 unspecified atom stereocenters. The molecule has 170 valence electrons. The summed E-state index contributed by atoms with van der Waals surface area (Å²) in [6.45, 7) is 2.01. The maximum atomic E-state index is 13.3. The van der Waals surface area contributed by atoms with Gasteiger partial charge in [-0.1, -0.05) is 31.4 Å². The average Bonchev–Trinajstić information content (AvgIpc) is 3.20. The van der Waals surface area contributed by atoms with Crippen LogP contribution in [0.2, 0.25) is 0 Å². The smallest absolute Gasteiger partial charge is 0.272 e. The van der Waals surface area contributed by atoms with Crippen LogP contribution in [0, 0.1) is 5.82 Å². The minimum Gasteiger partial charge on any atom is -0.351 e. The van der Waals surface area contributed by atoms with Crippen molar-refractivity contribution in [3.05, 3.63) is 53.1 Å². The number of likely N-dealkylation sites (N-methyl/N-ethyl adjacent to an activating group) is 1. The Morgan fingerprint density at radius 2 is 1.97 bits per heavy atom. The molecule has 2 heterocycles. The van der Waals surface area contributed by atoms with E-state index in [-0.39, 0.29) is 48.2 Å². The highest BCUT2D eigenvalue weighted by Crippen LogP contribution is 2.27. The van der Waals surface area contributed by atoms with Crippen molar-refractivity contribution in [1.82, 2.24) is 25.3 Å². The van der Waals surface area contributed by atoms with E-state index >= 15 is 0 Å². The van der Waals surface area contributed by atoms with Crippen molar-refractivity contribution in [3.8, 4) is 0 Å². The maximum Gasteiger partial charge on any atom is 0.272 e. The lowest BCUT2D eigenvalue weighted by molar-refractivity contribution is -0.133. The van der Waals surface area contributed by atoms with Gasteiger partial charge in [-0.3, -0.25) is 19.1 Å². The van der Waals surface area contributed by atoms with Crippen molar-refractivity contribution in [2.45, 2.75) is 63.7 Å². The number of amides is 3. The van der Waals surface area contributed by atoms with Gasteiger partial charge in [-0.05, 0) is 37.5 Å². The molecule has 1 fully saturated rings. The highest BCUT2D eigenvalue weighted by molar-refractivity contribution is 6.01. The van der Waals surface area contributed by atoms with E-state index in [2.05, 4.69) is 15.7 Å². The first-order chi connectivity index (χ1) is 15.3. The second kappa shape index (κ2) is 8.72. The minimum absolute atomic E-state index is 0.0788. The van der Waals surface area contributed by atoms with Crippen LogP contribution in [0.15, 0.2) is 30.3 Å². The number of carbonyl (C=O) groups is 3. The molecule has 8 nitrogen and oxygen atoms in total. The zero-order chi connectivity index (χ0) is 22.9. The SMILES string of the molecule is CN1C(=O)c2cc(C(=O)NCc3cccc(F)c3)nn2C[C@@]1(C)C(=O)NC1CCCCC1. The molecule has 1 atom stereocenters. The largest absolute Gasteiger partial charge is 0.351 e. The van der Waals surface area contributed by atoms with E-state index in [0.29, 0.717) is 5.56 Å². The van der Waals surface area contributed by atoms with Gasteiger partial charge in [0.1, 0.15) is 17.1 Å². The first-order valence-corrected chi connectivity index (χ1v) is 11.0. The Morgan fingerprint density at radius 1 is 1.22 bits per heavy atom. The predicted octanol–water partition coefficient (Wildman–Crippen LogP) is 2.25. The number of aromatic nitrogens is 2. The third kappa shape index (κ3) is 4.24. The van der Waals surface area contributed by atoms with Crippen molar-refractivity contribution < 1.29 is 18.8 Å². The quantitative estimate of drug-likeness (QED) is 0.744. The summed E-state index contributed by atoms with van der Waals surface area (Å²) < 4.78 is 14.8. The standard InChI is InChI=1S/C23H28FN5O3/c1-23(22(32)26-17-9-4-3-5-10-17)14-29-19(21(31)28(23)2)12-18(27-29)20(30)25-13-15-7-6-8-16(24)11-15/h6-8,11-12,17H,3-5,9-10,13-14H2,1-2H3,(H,25,30)(H,26,32)/t23-/m0/s1. The lowest BCUT2D eigenvalue weighted by atomic mass is 9.92. The summed E-state index contributed by atoms with van der Waals surface area (Å²) in [5, 5.41) is 10.1. The fraction of sp³-hybridized carbons (Fsp3) is 0.478. The van der Waals surface area contributed by atoms with Gasteiger partial charge < -0.3 is 15.5 Å². The molecule has 0 radical (unpaired) electrons. The van der Waals surface area contributed by atoms with E-state index < -0.39 is 11.4 Å².